The van der Waals surface area contributed by atoms with Crippen molar-refractivity contribution in [2.75, 3.05) is 28.2 Å². The van der Waals surface area contributed by atoms with E-state index in [9.17, 15) is 0 Å². The highest BCUT2D eigenvalue weighted by molar-refractivity contribution is 5.60. The third-order valence-electron chi connectivity index (χ3n) is 3.69. The molecule has 0 spiro atoms. The van der Waals surface area contributed by atoms with E-state index in [1.807, 2.05) is 6.21 Å². The average molecular weight is 264 g/mol. The fraction of sp³-hybridized carbons (Fsp3) is 0.909. The zero-order valence-corrected chi connectivity index (χ0v) is 12.1. The summed E-state index contributed by atoms with van der Waals surface area (Å²) in [6.45, 7) is 0. The number of hydrazone groups is 1. The first kappa shape index (κ1) is 16.6. The molecule has 1 fully saturated rings. The second-order valence-electron chi connectivity index (χ2n) is 5.79. The lowest BCUT2D eigenvalue weighted by molar-refractivity contribution is -0.925. The van der Waals surface area contributed by atoms with E-state index in [0.717, 1.165) is 30.2 Å². The molecule has 0 aliphatic heterocycles. The Balaban J connectivity index is 0.00000256. The molecule has 0 heterocycles. The quantitative estimate of drug-likeness (QED) is 0.192. The highest BCUT2D eigenvalue weighted by Gasteiger charge is 2.41. The molecule has 0 bridgehead atoms. The van der Waals surface area contributed by atoms with Crippen LogP contribution in [0.5, 0.6) is 0 Å². The standard InChI is InChI=1S/C11H26N5.ClH/c1-15(13)14-9-10-5-7-11(12,8-6-10)16(2,3)4;/h9-10H,5-8,12-13H2,1-4H3;1H/q+1;/p-1. The summed E-state index contributed by atoms with van der Waals surface area (Å²) in [6.07, 6.45) is 6.24. The first-order valence-corrected chi connectivity index (χ1v) is 5.87. The smallest absolute Gasteiger partial charge is 0.149 e. The minimum absolute atomic E-state index is 0. The summed E-state index contributed by atoms with van der Waals surface area (Å²) in [5.74, 6) is 5.96. The van der Waals surface area contributed by atoms with Crippen molar-refractivity contribution >= 4 is 6.21 Å². The average Bonchev–Trinajstić information content (AvgIpc) is 2.15. The van der Waals surface area contributed by atoms with Gasteiger partial charge in [-0.25, -0.2) is 11.0 Å². The van der Waals surface area contributed by atoms with Gasteiger partial charge in [-0.2, -0.15) is 5.10 Å². The molecule has 5 nitrogen and oxygen atoms in total. The third kappa shape index (κ3) is 4.43. The number of rotatable bonds is 3. The zero-order chi connectivity index (χ0) is 12.4. The summed E-state index contributed by atoms with van der Waals surface area (Å²) in [4.78, 5) is 0. The van der Waals surface area contributed by atoms with Gasteiger partial charge in [0.1, 0.15) is 5.66 Å². The van der Waals surface area contributed by atoms with Gasteiger partial charge in [-0.05, 0) is 18.8 Å². The fourth-order valence-electron chi connectivity index (χ4n) is 2.16. The summed E-state index contributed by atoms with van der Waals surface area (Å²) in [5.41, 5.74) is 6.36. The number of hydrazine groups is 1. The summed E-state index contributed by atoms with van der Waals surface area (Å²) >= 11 is 0. The van der Waals surface area contributed by atoms with Crippen LogP contribution in [0.2, 0.25) is 0 Å². The predicted molar refractivity (Wildman–Crippen MR) is 67.4 cm³/mol. The lowest BCUT2D eigenvalue weighted by Crippen LogP contribution is -3.00. The van der Waals surface area contributed by atoms with Crippen LogP contribution in [-0.2, 0) is 0 Å². The summed E-state index contributed by atoms with van der Waals surface area (Å²) in [6, 6.07) is 0. The van der Waals surface area contributed by atoms with Gasteiger partial charge in [0.15, 0.2) is 0 Å². The van der Waals surface area contributed by atoms with Gasteiger partial charge < -0.3 is 16.9 Å². The molecule has 0 amide bonds. The molecule has 1 saturated carbocycles. The fourth-order valence-corrected chi connectivity index (χ4v) is 2.16. The van der Waals surface area contributed by atoms with Crippen LogP contribution in [0.4, 0.5) is 0 Å². The molecule has 0 unspecified atom stereocenters. The van der Waals surface area contributed by atoms with E-state index >= 15 is 0 Å². The van der Waals surface area contributed by atoms with E-state index in [0.29, 0.717) is 5.92 Å². The van der Waals surface area contributed by atoms with Gasteiger partial charge in [0.05, 0.1) is 21.1 Å². The Kier molecular flexibility index (Phi) is 5.87. The van der Waals surface area contributed by atoms with Gasteiger partial charge in [0, 0.05) is 26.1 Å². The normalized spacial score (nSPS) is 30.1. The number of nitrogens with two attached hydrogens (primary N) is 2. The van der Waals surface area contributed by atoms with Crippen molar-refractivity contribution in [1.82, 2.24) is 5.12 Å². The summed E-state index contributed by atoms with van der Waals surface area (Å²) < 4.78 is 0.827. The lowest BCUT2D eigenvalue weighted by Gasteiger charge is -2.46. The second kappa shape index (κ2) is 6.00. The topological polar surface area (TPSA) is 67.6 Å². The number of hydrogen-bond acceptors (Lipinski definition) is 4. The molecule has 0 aromatic rings. The molecule has 102 valence electrons. The van der Waals surface area contributed by atoms with Gasteiger partial charge in [0.2, 0.25) is 0 Å². The molecule has 1 rings (SSSR count). The van der Waals surface area contributed by atoms with Gasteiger partial charge in [-0.3, -0.25) is 5.73 Å². The Morgan fingerprint density at radius 2 is 1.76 bits per heavy atom. The molecule has 0 aromatic heterocycles. The van der Waals surface area contributed by atoms with E-state index in [1.54, 1.807) is 7.05 Å². The molecular formula is C11H26ClN5. The van der Waals surface area contributed by atoms with Crippen LogP contribution in [0.25, 0.3) is 0 Å². The van der Waals surface area contributed by atoms with Gasteiger partial charge >= 0.3 is 0 Å². The lowest BCUT2D eigenvalue weighted by atomic mass is 9.81. The van der Waals surface area contributed by atoms with Crippen LogP contribution < -0.4 is 24.0 Å². The monoisotopic (exact) mass is 263 g/mol. The van der Waals surface area contributed by atoms with Crippen LogP contribution in [0.15, 0.2) is 5.10 Å². The van der Waals surface area contributed by atoms with Crippen LogP contribution in [0, 0.1) is 5.92 Å². The number of hydrogen-bond donors (Lipinski definition) is 2. The maximum atomic E-state index is 6.45. The molecule has 6 heteroatoms. The molecule has 17 heavy (non-hydrogen) atoms. The van der Waals surface area contributed by atoms with E-state index in [4.69, 9.17) is 11.6 Å². The van der Waals surface area contributed by atoms with Crippen LogP contribution in [0.3, 0.4) is 0 Å². The Bertz CT molecular complexity index is 251. The highest BCUT2D eigenvalue weighted by atomic mass is 35.5. The molecular weight excluding hydrogens is 238 g/mol. The van der Waals surface area contributed by atoms with Crippen LogP contribution >= 0.6 is 0 Å². The molecule has 4 N–H and O–H groups in total. The van der Waals surface area contributed by atoms with Crippen molar-refractivity contribution < 1.29 is 16.9 Å². The Hall–Kier alpha value is -0.360. The Labute approximate surface area is 111 Å². The van der Waals surface area contributed by atoms with Gasteiger partial charge in [-0.1, -0.05) is 0 Å². The highest BCUT2D eigenvalue weighted by Crippen LogP contribution is 2.33. The number of nitrogens with zero attached hydrogens (tertiary/aromatic N) is 3. The Morgan fingerprint density at radius 1 is 1.29 bits per heavy atom. The number of quaternary nitrogens is 1. The molecule has 0 atom stereocenters. The Morgan fingerprint density at radius 3 is 2.12 bits per heavy atom. The largest absolute Gasteiger partial charge is 1.00 e. The van der Waals surface area contributed by atoms with Crippen molar-refractivity contribution in [1.29, 1.82) is 0 Å². The second-order valence-corrected chi connectivity index (χ2v) is 5.79. The zero-order valence-electron chi connectivity index (χ0n) is 11.4. The van der Waals surface area contributed by atoms with Crippen molar-refractivity contribution in [2.45, 2.75) is 31.3 Å². The van der Waals surface area contributed by atoms with Crippen LogP contribution in [-0.4, -0.2) is 49.7 Å². The maximum absolute atomic E-state index is 6.45. The SMILES string of the molecule is CN(N)N=CC1CCC(N)([N+](C)(C)C)CC1.[Cl-]. The van der Waals surface area contributed by atoms with Crippen molar-refractivity contribution in [3.05, 3.63) is 0 Å². The maximum Gasteiger partial charge on any atom is 0.149 e. The molecule has 1 aliphatic carbocycles. The van der Waals surface area contributed by atoms with E-state index in [-0.39, 0.29) is 18.1 Å². The van der Waals surface area contributed by atoms with Crippen molar-refractivity contribution in [2.24, 2.45) is 22.6 Å². The van der Waals surface area contributed by atoms with Crippen molar-refractivity contribution in [3.8, 4) is 0 Å². The molecule has 1 aliphatic rings. The minimum atomic E-state index is -0.0844. The molecule has 0 radical (unpaired) electrons. The first-order valence-electron chi connectivity index (χ1n) is 5.87. The van der Waals surface area contributed by atoms with Gasteiger partial charge in [-0.15, -0.1) is 0 Å². The molecule has 0 aromatic carbocycles. The van der Waals surface area contributed by atoms with Crippen LogP contribution in [0.1, 0.15) is 25.7 Å². The summed E-state index contributed by atoms with van der Waals surface area (Å²) in [7, 11) is 8.24. The first-order chi connectivity index (χ1) is 7.24. The number of halogens is 1. The van der Waals surface area contributed by atoms with Crippen molar-refractivity contribution in [3.63, 3.8) is 0 Å². The third-order valence-corrected chi connectivity index (χ3v) is 3.69. The van der Waals surface area contributed by atoms with E-state index in [2.05, 4.69) is 26.2 Å². The van der Waals surface area contributed by atoms with E-state index in [1.165, 1.54) is 5.12 Å². The van der Waals surface area contributed by atoms with E-state index < -0.39 is 0 Å². The minimum Gasteiger partial charge on any atom is -1.00 e. The predicted octanol–water partition coefficient (Wildman–Crippen LogP) is -2.67. The van der Waals surface area contributed by atoms with Gasteiger partial charge in [0.25, 0.3) is 0 Å². The summed E-state index contributed by atoms with van der Waals surface area (Å²) in [5, 5.41) is 5.45. The molecule has 0 saturated heterocycles.